The van der Waals surface area contributed by atoms with Gasteiger partial charge in [-0.05, 0) is 18.9 Å². The highest BCUT2D eigenvalue weighted by atomic mass is 35.5. The van der Waals surface area contributed by atoms with Gasteiger partial charge in [0.1, 0.15) is 17.1 Å². The molecular formula is C12H14ClN3O2. The van der Waals surface area contributed by atoms with E-state index >= 15 is 0 Å². The topological polar surface area (TPSA) is 71.2 Å². The van der Waals surface area contributed by atoms with Crippen LogP contribution in [0, 0.1) is 5.92 Å². The highest BCUT2D eigenvalue weighted by Gasteiger charge is 2.34. The number of rotatable bonds is 2. The van der Waals surface area contributed by atoms with E-state index in [2.05, 4.69) is 9.97 Å². The van der Waals surface area contributed by atoms with Crippen molar-refractivity contribution >= 4 is 22.6 Å². The van der Waals surface area contributed by atoms with E-state index in [9.17, 15) is 10.2 Å². The van der Waals surface area contributed by atoms with Crippen LogP contribution >= 0.6 is 11.6 Å². The van der Waals surface area contributed by atoms with Gasteiger partial charge in [-0.1, -0.05) is 11.6 Å². The molecule has 2 N–H and O–H groups in total. The molecule has 5 nitrogen and oxygen atoms in total. The highest BCUT2D eigenvalue weighted by Crippen LogP contribution is 2.36. The number of fused-ring (bicyclic) bond motifs is 1. The third-order valence-electron chi connectivity index (χ3n) is 3.72. The molecule has 0 amide bonds. The molecule has 0 spiro atoms. The van der Waals surface area contributed by atoms with Crippen LogP contribution in [0.5, 0.6) is 0 Å². The van der Waals surface area contributed by atoms with E-state index in [1.54, 1.807) is 0 Å². The maximum absolute atomic E-state index is 9.85. The second kappa shape index (κ2) is 4.50. The third-order valence-corrected chi connectivity index (χ3v) is 4.02. The fourth-order valence-corrected chi connectivity index (χ4v) is 2.92. The van der Waals surface area contributed by atoms with Crippen molar-refractivity contribution in [3.05, 3.63) is 23.7 Å². The predicted molar refractivity (Wildman–Crippen MR) is 67.4 cm³/mol. The number of aromatic nitrogens is 3. The van der Waals surface area contributed by atoms with Crippen molar-refractivity contribution in [1.82, 2.24) is 14.5 Å². The molecule has 0 aromatic carbocycles. The molecule has 2 aromatic heterocycles. The second-order valence-corrected chi connectivity index (χ2v) is 5.12. The molecule has 1 aliphatic carbocycles. The molecule has 1 fully saturated rings. The van der Waals surface area contributed by atoms with Crippen molar-refractivity contribution in [3.63, 3.8) is 0 Å². The monoisotopic (exact) mass is 267 g/mol. The molecule has 1 unspecified atom stereocenters. The van der Waals surface area contributed by atoms with Gasteiger partial charge in [0.05, 0.1) is 11.5 Å². The fourth-order valence-electron chi connectivity index (χ4n) is 2.73. The van der Waals surface area contributed by atoms with Gasteiger partial charge in [0.2, 0.25) is 0 Å². The van der Waals surface area contributed by atoms with Gasteiger partial charge >= 0.3 is 0 Å². The predicted octanol–water partition coefficient (Wildman–Crippen LogP) is 1.39. The van der Waals surface area contributed by atoms with Crippen molar-refractivity contribution < 1.29 is 10.2 Å². The quantitative estimate of drug-likeness (QED) is 0.807. The molecule has 18 heavy (non-hydrogen) atoms. The van der Waals surface area contributed by atoms with E-state index < -0.39 is 6.10 Å². The van der Waals surface area contributed by atoms with Gasteiger partial charge < -0.3 is 14.8 Å². The Morgan fingerprint density at radius 3 is 2.94 bits per heavy atom. The molecule has 6 heteroatoms. The minimum Gasteiger partial charge on any atom is -0.396 e. The largest absolute Gasteiger partial charge is 0.396 e. The number of hydrogen-bond acceptors (Lipinski definition) is 4. The second-order valence-electron chi connectivity index (χ2n) is 4.76. The molecule has 1 saturated carbocycles. The first-order valence-electron chi connectivity index (χ1n) is 5.96. The molecule has 3 atom stereocenters. The minimum atomic E-state index is -0.449. The zero-order valence-electron chi connectivity index (χ0n) is 9.70. The highest BCUT2D eigenvalue weighted by molar-refractivity contribution is 6.33. The van der Waals surface area contributed by atoms with Gasteiger partial charge in [0.15, 0.2) is 0 Å². The van der Waals surface area contributed by atoms with Crippen LogP contribution in [0.15, 0.2) is 18.6 Å². The summed E-state index contributed by atoms with van der Waals surface area (Å²) >= 11 is 6.01. The molecule has 2 aromatic rings. The van der Waals surface area contributed by atoms with Crippen LogP contribution in [-0.4, -0.2) is 37.5 Å². The van der Waals surface area contributed by atoms with Gasteiger partial charge in [0.25, 0.3) is 0 Å². The molecule has 1 aliphatic rings. The Morgan fingerprint density at radius 1 is 1.39 bits per heavy atom. The average molecular weight is 268 g/mol. The van der Waals surface area contributed by atoms with Crippen LogP contribution in [-0.2, 0) is 0 Å². The van der Waals surface area contributed by atoms with E-state index in [0.717, 1.165) is 17.5 Å². The first kappa shape index (κ1) is 11.9. The Hall–Kier alpha value is -1.17. The maximum Gasteiger partial charge on any atom is 0.145 e. The van der Waals surface area contributed by atoms with Crippen molar-refractivity contribution in [2.75, 3.05) is 6.61 Å². The Bertz CT molecular complexity index is 571. The number of halogens is 1. The van der Waals surface area contributed by atoms with E-state index in [1.165, 1.54) is 6.33 Å². The van der Waals surface area contributed by atoms with Crippen LogP contribution < -0.4 is 0 Å². The molecule has 0 saturated heterocycles. The SMILES string of the molecule is OC[C@H]1C[C@@H](n2ccc3c(Cl)ncnc32)CC1O. The van der Waals surface area contributed by atoms with Crippen LogP contribution in [0.25, 0.3) is 11.0 Å². The Labute approximate surface area is 109 Å². The summed E-state index contributed by atoms with van der Waals surface area (Å²) in [6.45, 7) is 0.0204. The lowest BCUT2D eigenvalue weighted by atomic mass is 10.1. The maximum atomic E-state index is 9.85. The van der Waals surface area contributed by atoms with Crippen molar-refractivity contribution in [2.45, 2.75) is 25.0 Å². The minimum absolute atomic E-state index is 0.0204. The zero-order valence-corrected chi connectivity index (χ0v) is 10.5. The fraction of sp³-hybridized carbons (Fsp3) is 0.500. The van der Waals surface area contributed by atoms with Crippen LogP contribution in [0.4, 0.5) is 0 Å². The van der Waals surface area contributed by atoms with Crippen molar-refractivity contribution in [1.29, 1.82) is 0 Å². The number of hydrogen-bond donors (Lipinski definition) is 2. The smallest absolute Gasteiger partial charge is 0.145 e. The summed E-state index contributed by atoms with van der Waals surface area (Å²) in [5.41, 5.74) is 0.783. The number of aliphatic hydroxyl groups is 2. The van der Waals surface area contributed by atoms with Crippen LogP contribution in [0.3, 0.4) is 0 Å². The van der Waals surface area contributed by atoms with Crippen LogP contribution in [0.1, 0.15) is 18.9 Å². The van der Waals surface area contributed by atoms with E-state index in [-0.39, 0.29) is 18.6 Å². The normalized spacial score (nSPS) is 28.1. The number of aliphatic hydroxyl groups excluding tert-OH is 2. The summed E-state index contributed by atoms with van der Waals surface area (Å²) in [4.78, 5) is 8.19. The first-order valence-corrected chi connectivity index (χ1v) is 6.34. The summed E-state index contributed by atoms with van der Waals surface area (Å²) in [5.74, 6) is -0.0511. The van der Waals surface area contributed by atoms with Gasteiger partial charge in [-0.15, -0.1) is 0 Å². The van der Waals surface area contributed by atoms with Gasteiger partial charge in [-0.25, -0.2) is 9.97 Å². The van der Waals surface area contributed by atoms with Crippen molar-refractivity contribution in [2.24, 2.45) is 5.92 Å². The van der Waals surface area contributed by atoms with E-state index in [0.29, 0.717) is 11.6 Å². The van der Waals surface area contributed by atoms with Crippen molar-refractivity contribution in [3.8, 4) is 0 Å². The van der Waals surface area contributed by atoms with Gasteiger partial charge in [0, 0.05) is 24.8 Å². The third kappa shape index (κ3) is 1.79. The summed E-state index contributed by atoms with van der Waals surface area (Å²) in [6, 6.07) is 2.04. The van der Waals surface area contributed by atoms with E-state index in [1.807, 2.05) is 16.8 Å². The molecule has 0 bridgehead atoms. The summed E-state index contributed by atoms with van der Waals surface area (Å²) in [5, 5.41) is 20.3. The first-order chi connectivity index (χ1) is 8.70. The Balaban J connectivity index is 1.99. The zero-order chi connectivity index (χ0) is 12.7. The Morgan fingerprint density at radius 2 is 2.22 bits per heavy atom. The summed E-state index contributed by atoms with van der Waals surface area (Å²) in [7, 11) is 0. The van der Waals surface area contributed by atoms with E-state index in [4.69, 9.17) is 11.6 Å². The lowest BCUT2D eigenvalue weighted by Crippen LogP contribution is -2.16. The number of nitrogens with zero attached hydrogens (tertiary/aromatic N) is 3. The molecular weight excluding hydrogens is 254 g/mol. The van der Waals surface area contributed by atoms with Crippen LogP contribution in [0.2, 0.25) is 5.15 Å². The van der Waals surface area contributed by atoms with Gasteiger partial charge in [-0.3, -0.25) is 0 Å². The lowest BCUT2D eigenvalue weighted by molar-refractivity contribution is 0.0906. The summed E-state index contributed by atoms with van der Waals surface area (Å²) in [6.07, 6.45) is 4.30. The molecule has 0 radical (unpaired) electrons. The Kier molecular flexibility index (Phi) is 2.97. The van der Waals surface area contributed by atoms with Gasteiger partial charge in [-0.2, -0.15) is 0 Å². The standard InChI is InChI=1S/C12H14ClN3O2/c13-11-9-1-2-16(12(9)15-6-14-11)8-3-7(5-17)10(18)4-8/h1-2,6-8,10,17-18H,3-5H2/t7-,8-,10?/m1/s1. The molecule has 3 rings (SSSR count). The molecule has 2 heterocycles. The lowest BCUT2D eigenvalue weighted by Gasteiger charge is -2.12. The molecule has 0 aliphatic heterocycles. The average Bonchev–Trinajstić information content (AvgIpc) is 2.93. The molecule has 96 valence electrons. The summed E-state index contributed by atoms with van der Waals surface area (Å²) < 4.78 is 2.02.